The quantitative estimate of drug-likeness (QED) is 0.776. The van der Waals surface area contributed by atoms with Crippen molar-refractivity contribution in [3.05, 3.63) is 0 Å². The molecule has 2 aliphatic rings. The summed E-state index contributed by atoms with van der Waals surface area (Å²) in [6.07, 6.45) is 5.87. The lowest BCUT2D eigenvalue weighted by Crippen LogP contribution is -2.55. The van der Waals surface area contributed by atoms with E-state index in [9.17, 15) is 5.11 Å². The Morgan fingerprint density at radius 3 is 2.41 bits per heavy atom. The van der Waals surface area contributed by atoms with Crippen LogP contribution in [0.25, 0.3) is 0 Å². The second kappa shape index (κ2) is 5.27. The maximum Gasteiger partial charge on any atom is 0.0728 e. The Hall–Kier alpha value is -0.0800. The molecule has 1 heterocycles. The molecule has 4 unspecified atom stereocenters. The summed E-state index contributed by atoms with van der Waals surface area (Å²) in [6, 6.07) is 0. The molecule has 2 nitrogen and oxygen atoms in total. The first kappa shape index (κ1) is 13.4. The van der Waals surface area contributed by atoms with E-state index in [0.717, 1.165) is 37.8 Å². The SMILES string of the molecule is CCC1CNCCC1(O)C1CC(C)CC(C)C1. The summed E-state index contributed by atoms with van der Waals surface area (Å²) in [4.78, 5) is 0. The average molecular weight is 239 g/mol. The molecule has 0 aromatic heterocycles. The first-order chi connectivity index (χ1) is 8.06. The van der Waals surface area contributed by atoms with Crippen LogP contribution < -0.4 is 5.32 Å². The molecule has 0 aromatic carbocycles. The third-order valence-corrected chi connectivity index (χ3v) is 5.18. The highest BCUT2D eigenvalue weighted by atomic mass is 16.3. The van der Waals surface area contributed by atoms with Crippen LogP contribution in [0.4, 0.5) is 0 Å². The van der Waals surface area contributed by atoms with Crippen LogP contribution in [0.2, 0.25) is 0 Å². The molecule has 4 atom stereocenters. The Morgan fingerprint density at radius 1 is 1.18 bits per heavy atom. The maximum absolute atomic E-state index is 11.2. The van der Waals surface area contributed by atoms with Gasteiger partial charge in [-0.2, -0.15) is 0 Å². The Morgan fingerprint density at radius 2 is 1.82 bits per heavy atom. The van der Waals surface area contributed by atoms with Crippen molar-refractivity contribution in [2.75, 3.05) is 13.1 Å². The monoisotopic (exact) mass is 239 g/mol. The summed E-state index contributed by atoms with van der Waals surface area (Å²) in [5.41, 5.74) is -0.386. The van der Waals surface area contributed by atoms with E-state index in [0.29, 0.717) is 11.8 Å². The van der Waals surface area contributed by atoms with Crippen molar-refractivity contribution < 1.29 is 5.11 Å². The first-order valence-electron chi connectivity index (χ1n) is 7.49. The summed E-state index contributed by atoms with van der Waals surface area (Å²) in [5, 5.41) is 14.6. The predicted molar refractivity (Wildman–Crippen MR) is 71.9 cm³/mol. The van der Waals surface area contributed by atoms with Crippen LogP contribution in [0.1, 0.15) is 52.9 Å². The summed E-state index contributed by atoms with van der Waals surface area (Å²) < 4.78 is 0. The largest absolute Gasteiger partial charge is 0.389 e. The summed E-state index contributed by atoms with van der Waals surface area (Å²) in [7, 11) is 0. The van der Waals surface area contributed by atoms with E-state index in [4.69, 9.17) is 0 Å². The van der Waals surface area contributed by atoms with Crippen LogP contribution >= 0.6 is 0 Å². The fraction of sp³-hybridized carbons (Fsp3) is 1.00. The topological polar surface area (TPSA) is 32.3 Å². The number of rotatable bonds is 2. The Labute approximate surface area is 106 Å². The highest BCUT2D eigenvalue weighted by Gasteiger charge is 2.46. The zero-order chi connectivity index (χ0) is 12.5. The second-order valence-electron chi connectivity index (χ2n) is 6.66. The predicted octanol–water partition coefficient (Wildman–Crippen LogP) is 2.81. The van der Waals surface area contributed by atoms with Crippen LogP contribution in [0.15, 0.2) is 0 Å². The number of hydrogen-bond acceptors (Lipinski definition) is 2. The maximum atomic E-state index is 11.2. The van der Waals surface area contributed by atoms with Gasteiger partial charge in [0.2, 0.25) is 0 Å². The average Bonchev–Trinajstić information content (AvgIpc) is 2.28. The fourth-order valence-electron chi connectivity index (χ4n) is 4.34. The minimum absolute atomic E-state index is 0.386. The van der Waals surface area contributed by atoms with Gasteiger partial charge in [-0.15, -0.1) is 0 Å². The van der Waals surface area contributed by atoms with Crippen LogP contribution in [-0.2, 0) is 0 Å². The highest BCUT2D eigenvalue weighted by Crippen LogP contribution is 2.44. The van der Waals surface area contributed by atoms with Gasteiger partial charge >= 0.3 is 0 Å². The molecule has 100 valence electrons. The van der Waals surface area contributed by atoms with Gasteiger partial charge in [-0.25, -0.2) is 0 Å². The zero-order valence-corrected chi connectivity index (χ0v) is 11.7. The molecule has 0 aromatic rings. The highest BCUT2D eigenvalue weighted by molar-refractivity contribution is 4.98. The van der Waals surface area contributed by atoms with Gasteiger partial charge in [-0.05, 0) is 56.4 Å². The third-order valence-electron chi connectivity index (χ3n) is 5.18. The fourth-order valence-corrected chi connectivity index (χ4v) is 4.34. The molecule has 0 radical (unpaired) electrons. The molecule has 17 heavy (non-hydrogen) atoms. The van der Waals surface area contributed by atoms with Crippen molar-refractivity contribution in [3.8, 4) is 0 Å². The van der Waals surface area contributed by atoms with Gasteiger partial charge in [0, 0.05) is 12.5 Å². The molecule has 1 saturated carbocycles. The molecular formula is C15H29NO. The summed E-state index contributed by atoms with van der Waals surface area (Å²) >= 11 is 0. The van der Waals surface area contributed by atoms with E-state index in [1.165, 1.54) is 19.3 Å². The molecule has 2 rings (SSSR count). The van der Waals surface area contributed by atoms with Gasteiger partial charge in [0.05, 0.1) is 5.60 Å². The van der Waals surface area contributed by atoms with Crippen LogP contribution in [0.5, 0.6) is 0 Å². The minimum Gasteiger partial charge on any atom is -0.389 e. The van der Waals surface area contributed by atoms with Gasteiger partial charge in [-0.3, -0.25) is 0 Å². The van der Waals surface area contributed by atoms with E-state index in [2.05, 4.69) is 26.1 Å². The molecule has 0 bridgehead atoms. The molecule has 1 aliphatic heterocycles. The molecule has 0 amide bonds. The van der Waals surface area contributed by atoms with Crippen molar-refractivity contribution >= 4 is 0 Å². The Balaban J connectivity index is 2.11. The van der Waals surface area contributed by atoms with Crippen molar-refractivity contribution in [1.29, 1.82) is 0 Å². The van der Waals surface area contributed by atoms with E-state index >= 15 is 0 Å². The summed E-state index contributed by atoms with van der Waals surface area (Å²) in [6.45, 7) is 8.93. The molecule has 1 aliphatic carbocycles. The van der Waals surface area contributed by atoms with E-state index in [-0.39, 0.29) is 5.60 Å². The summed E-state index contributed by atoms with van der Waals surface area (Å²) in [5.74, 6) is 2.58. The van der Waals surface area contributed by atoms with Crippen molar-refractivity contribution in [1.82, 2.24) is 5.32 Å². The number of aliphatic hydroxyl groups is 1. The molecule has 2 fully saturated rings. The van der Waals surface area contributed by atoms with E-state index < -0.39 is 0 Å². The van der Waals surface area contributed by atoms with E-state index in [1.54, 1.807) is 0 Å². The lowest BCUT2D eigenvalue weighted by atomic mass is 9.63. The lowest BCUT2D eigenvalue weighted by Gasteiger charge is -2.49. The molecule has 1 saturated heterocycles. The molecular weight excluding hydrogens is 210 g/mol. The molecule has 2 heteroatoms. The van der Waals surface area contributed by atoms with Gasteiger partial charge in [-0.1, -0.05) is 20.8 Å². The normalized spacial score (nSPS) is 48.0. The number of nitrogens with one attached hydrogen (secondary N) is 1. The van der Waals surface area contributed by atoms with E-state index in [1.807, 2.05) is 0 Å². The smallest absolute Gasteiger partial charge is 0.0728 e. The van der Waals surface area contributed by atoms with Gasteiger partial charge in [0.15, 0.2) is 0 Å². The van der Waals surface area contributed by atoms with Crippen LogP contribution in [0.3, 0.4) is 0 Å². The van der Waals surface area contributed by atoms with Crippen molar-refractivity contribution in [3.63, 3.8) is 0 Å². The van der Waals surface area contributed by atoms with Gasteiger partial charge in [0.25, 0.3) is 0 Å². The first-order valence-corrected chi connectivity index (χ1v) is 7.49. The second-order valence-corrected chi connectivity index (χ2v) is 6.66. The van der Waals surface area contributed by atoms with Crippen molar-refractivity contribution in [2.45, 2.75) is 58.5 Å². The Bertz CT molecular complexity index is 245. The number of piperidine rings is 1. The van der Waals surface area contributed by atoms with Gasteiger partial charge < -0.3 is 10.4 Å². The number of hydrogen-bond donors (Lipinski definition) is 2. The minimum atomic E-state index is -0.386. The standard InChI is InChI=1S/C15H29NO/c1-4-13-10-16-6-5-15(13,17)14-8-11(2)7-12(3)9-14/h11-14,16-17H,4-10H2,1-3H3. The Kier molecular flexibility index (Phi) is 4.14. The van der Waals surface area contributed by atoms with Crippen LogP contribution in [0, 0.1) is 23.7 Å². The lowest BCUT2D eigenvalue weighted by molar-refractivity contribution is -0.109. The molecule has 2 N–H and O–H groups in total. The third kappa shape index (κ3) is 2.68. The zero-order valence-electron chi connectivity index (χ0n) is 11.7. The van der Waals surface area contributed by atoms with Crippen LogP contribution in [-0.4, -0.2) is 23.8 Å². The van der Waals surface area contributed by atoms with Gasteiger partial charge in [0.1, 0.15) is 0 Å². The molecule has 0 spiro atoms. The van der Waals surface area contributed by atoms with Crippen molar-refractivity contribution in [2.24, 2.45) is 23.7 Å².